The van der Waals surface area contributed by atoms with Crippen LogP contribution in [0.3, 0.4) is 0 Å². The summed E-state index contributed by atoms with van der Waals surface area (Å²) in [6, 6.07) is 5.13. The van der Waals surface area contributed by atoms with Crippen molar-refractivity contribution in [2.75, 3.05) is 0 Å². The lowest BCUT2D eigenvalue weighted by molar-refractivity contribution is 0.0697. The molecule has 0 radical (unpaired) electrons. The van der Waals surface area contributed by atoms with Crippen molar-refractivity contribution in [3.05, 3.63) is 35.0 Å². The molecule has 0 unspecified atom stereocenters. The number of benzene rings is 1. The minimum absolute atomic E-state index is 0.299. The Morgan fingerprint density at radius 3 is 2.75 bits per heavy atom. The smallest absolute Gasteiger partial charge is 0.335 e. The Bertz CT molecular complexity index is 570. The maximum atomic E-state index is 10.9. The second kappa shape index (κ2) is 3.64. The molecule has 4 nitrogen and oxygen atoms in total. The largest absolute Gasteiger partial charge is 0.478 e. The Morgan fingerprint density at radius 2 is 2.19 bits per heavy atom. The zero-order chi connectivity index (χ0) is 11.9. The molecule has 2 aromatic rings. The molecule has 0 fully saturated rings. The quantitative estimate of drug-likeness (QED) is 0.805. The van der Waals surface area contributed by atoms with Gasteiger partial charge in [-0.1, -0.05) is 0 Å². The summed E-state index contributed by atoms with van der Waals surface area (Å²) < 4.78 is 2.03. The van der Waals surface area contributed by atoms with E-state index in [1.807, 2.05) is 24.6 Å². The first-order valence-corrected chi connectivity index (χ1v) is 5.07. The molecule has 1 aromatic carbocycles. The molecule has 1 heterocycles. The number of carboxylic acids is 1. The van der Waals surface area contributed by atoms with Crippen LogP contribution in [0.15, 0.2) is 18.2 Å². The third-order valence-corrected chi connectivity index (χ3v) is 3.07. The Morgan fingerprint density at radius 1 is 1.50 bits per heavy atom. The molecule has 0 bridgehead atoms. The fourth-order valence-corrected chi connectivity index (χ4v) is 2.04. The van der Waals surface area contributed by atoms with E-state index >= 15 is 0 Å². The molecule has 16 heavy (non-hydrogen) atoms. The Balaban J connectivity index is 2.81. The maximum Gasteiger partial charge on any atom is 0.335 e. The molecule has 2 rings (SSSR count). The number of hydrogen-bond acceptors (Lipinski definition) is 2. The fourth-order valence-electron chi connectivity index (χ4n) is 2.04. The monoisotopic (exact) mass is 218 g/mol. The molecule has 0 aliphatic heterocycles. The minimum atomic E-state index is -0.911. The summed E-state index contributed by atoms with van der Waals surface area (Å²) in [7, 11) is 1.96. The molecule has 0 spiro atoms. The van der Waals surface area contributed by atoms with Gasteiger partial charge in [0, 0.05) is 30.2 Å². The highest BCUT2D eigenvalue weighted by Gasteiger charge is 2.12. The van der Waals surface area contributed by atoms with Crippen molar-refractivity contribution in [3.8, 4) is 0 Å². The number of aromatic carboxylic acids is 1. The molecule has 0 aliphatic rings. The average molecular weight is 218 g/mol. The molecule has 3 N–H and O–H groups in total. The number of nitrogens with zero attached hydrogens (tertiary/aromatic N) is 1. The number of aromatic nitrogens is 1. The second-order valence-corrected chi connectivity index (χ2v) is 3.86. The van der Waals surface area contributed by atoms with Crippen LogP contribution in [0.4, 0.5) is 0 Å². The first-order valence-electron chi connectivity index (χ1n) is 5.07. The topological polar surface area (TPSA) is 68.2 Å². The van der Waals surface area contributed by atoms with Crippen LogP contribution >= 0.6 is 0 Å². The molecule has 0 saturated heterocycles. The van der Waals surface area contributed by atoms with Crippen LogP contribution in [0.2, 0.25) is 0 Å². The van der Waals surface area contributed by atoms with E-state index < -0.39 is 5.97 Å². The van der Waals surface area contributed by atoms with Gasteiger partial charge in [-0.25, -0.2) is 4.79 Å². The minimum Gasteiger partial charge on any atom is -0.478 e. The van der Waals surface area contributed by atoms with Gasteiger partial charge in [-0.05, 0) is 30.7 Å². The van der Waals surface area contributed by atoms with Gasteiger partial charge in [0.15, 0.2) is 0 Å². The van der Waals surface area contributed by atoms with E-state index in [0.717, 1.165) is 22.2 Å². The van der Waals surface area contributed by atoms with Crippen LogP contribution in [0.1, 0.15) is 21.6 Å². The van der Waals surface area contributed by atoms with Gasteiger partial charge in [-0.15, -0.1) is 0 Å². The molecule has 0 aliphatic carbocycles. The predicted octanol–water partition coefficient (Wildman–Crippen LogP) is 1.64. The standard InChI is InChI=1S/C12H14N2O2/c1-7-10(6-13)9-5-8(12(15)16)3-4-11(9)14(7)2/h3-5H,6,13H2,1-2H3,(H,15,16). The maximum absolute atomic E-state index is 10.9. The summed E-state index contributed by atoms with van der Waals surface area (Å²) in [4.78, 5) is 10.9. The van der Waals surface area contributed by atoms with Gasteiger partial charge >= 0.3 is 5.97 Å². The van der Waals surface area contributed by atoms with Crippen molar-refractivity contribution >= 4 is 16.9 Å². The predicted molar refractivity (Wildman–Crippen MR) is 62.5 cm³/mol. The van der Waals surface area contributed by atoms with Crippen LogP contribution in [-0.4, -0.2) is 15.6 Å². The molecule has 0 amide bonds. The molecule has 0 saturated carbocycles. The van der Waals surface area contributed by atoms with Crippen molar-refractivity contribution in [2.24, 2.45) is 12.8 Å². The Hall–Kier alpha value is -1.81. The summed E-state index contributed by atoms with van der Waals surface area (Å²) in [6.45, 7) is 2.41. The van der Waals surface area contributed by atoms with E-state index in [9.17, 15) is 4.79 Å². The highest BCUT2D eigenvalue weighted by atomic mass is 16.4. The lowest BCUT2D eigenvalue weighted by Crippen LogP contribution is -1.99. The van der Waals surface area contributed by atoms with Crippen molar-refractivity contribution in [2.45, 2.75) is 13.5 Å². The number of aryl methyl sites for hydroxylation is 1. The number of hydrogen-bond donors (Lipinski definition) is 2. The van der Waals surface area contributed by atoms with Crippen LogP contribution in [0.5, 0.6) is 0 Å². The molecule has 84 valence electrons. The van der Waals surface area contributed by atoms with Gasteiger partial charge in [0.2, 0.25) is 0 Å². The van der Waals surface area contributed by atoms with Crippen LogP contribution < -0.4 is 5.73 Å². The molecular formula is C12H14N2O2. The van der Waals surface area contributed by atoms with Gasteiger partial charge in [-0.3, -0.25) is 0 Å². The lowest BCUT2D eigenvalue weighted by Gasteiger charge is -1.98. The zero-order valence-corrected chi connectivity index (χ0v) is 9.32. The van der Waals surface area contributed by atoms with Gasteiger partial charge in [0.05, 0.1) is 5.56 Å². The summed E-state index contributed by atoms with van der Waals surface area (Å²) in [6.07, 6.45) is 0. The Kier molecular flexibility index (Phi) is 2.44. The van der Waals surface area contributed by atoms with Gasteiger partial charge in [-0.2, -0.15) is 0 Å². The van der Waals surface area contributed by atoms with E-state index in [0.29, 0.717) is 12.1 Å². The highest BCUT2D eigenvalue weighted by molar-refractivity contribution is 5.95. The molecular weight excluding hydrogens is 204 g/mol. The lowest BCUT2D eigenvalue weighted by atomic mass is 10.1. The van der Waals surface area contributed by atoms with E-state index in [4.69, 9.17) is 10.8 Å². The summed E-state index contributed by atoms with van der Waals surface area (Å²) >= 11 is 0. The molecule has 0 atom stereocenters. The second-order valence-electron chi connectivity index (χ2n) is 3.86. The zero-order valence-electron chi connectivity index (χ0n) is 9.32. The van der Waals surface area contributed by atoms with E-state index in [2.05, 4.69) is 0 Å². The first-order chi connectivity index (χ1) is 7.56. The highest BCUT2D eigenvalue weighted by Crippen LogP contribution is 2.25. The fraction of sp³-hybridized carbons (Fsp3) is 0.250. The third kappa shape index (κ3) is 1.39. The SMILES string of the molecule is Cc1c(CN)c2cc(C(=O)O)ccc2n1C. The van der Waals surface area contributed by atoms with Crippen LogP contribution in [0.25, 0.3) is 10.9 Å². The van der Waals surface area contributed by atoms with Crippen molar-refractivity contribution in [1.82, 2.24) is 4.57 Å². The third-order valence-electron chi connectivity index (χ3n) is 3.07. The van der Waals surface area contributed by atoms with E-state index in [1.165, 1.54) is 0 Å². The van der Waals surface area contributed by atoms with Crippen molar-refractivity contribution < 1.29 is 9.90 Å². The number of nitrogens with two attached hydrogens (primary N) is 1. The van der Waals surface area contributed by atoms with E-state index in [1.54, 1.807) is 12.1 Å². The summed E-state index contributed by atoms with van der Waals surface area (Å²) in [5.74, 6) is -0.911. The molecule has 1 aromatic heterocycles. The summed E-state index contributed by atoms with van der Waals surface area (Å²) in [5.41, 5.74) is 9.11. The number of carbonyl (C=O) groups is 1. The normalized spacial score (nSPS) is 10.9. The number of carboxylic acid groups (broad SMARTS) is 1. The number of fused-ring (bicyclic) bond motifs is 1. The molecule has 4 heteroatoms. The first kappa shape index (κ1) is 10.7. The number of rotatable bonds is 2. The van der Waals surface area contributed by atoms with Crippen molar-refractivity contribution in [1.29, 1.82) is 0 Å². The van der Waals surface area contributed by atoms with Gasteiger partial charge in [0.25, 0.3) is 0 Å². The van der Waals surface area contributed by atoms with Crippen LogP contribution in [-0.2, 0) is 13.6 Å². The van der Waals surface area contributed by atoms with Gasteiger partial charge < -0.3 is 15.4 Å². The van der Waals surface area contributed by atoms with Gasteiger partial charge in [0.1, 0.15) is 0 Å². The summed E-state index contributed by atoms with van der Waals surface area (Å²) in [5, 5.41) is 9.88. The van der Waals surface area contributed by atoms with Crippen molar-refractivity contribution in [3.63, 3.8) is 0 Å². The van der Waals surface area contributed by atoms with E-state index in [-0.39, 0.29) is 0 Å². The Labute approximate surface area is 93.3 Å². The average Bonchev–Trinajstić information content (AvgIpc) is 2.51. The van der Waals surface area contributed by atoms with Crippen LogP contribution in [0, 0.1) is 6.92 Å².